The monoisotopic (exact) mass is 207 g/mol. The Kier molecular flexibility index (Phi) is 4.28. The van der Waals surface area contributed by atoms with E-state index in [1.54, 1.807) is 6.07 Å². The largest absolute Gasteiger partial charge is 0.491 e. The van der Waals surface area contributed by atoms with Gasteiger partial charge in [-0.3, -0.25) is 4.79 Å². The van der Waals surface area contributed by atoms with Gasteiger partial charge in [-0.1, -0.05) is 20.3 Å². The first-order chi connectivity index (χ1) is 7.17. The minimum absolute atomic E-state index is 0.387. The summed E-state index contributed by atoms with van der Waals surface area (Å²) < 4.78 is 5.54. The quantitative estimate of drug-likeness (QED) is 0.697. The molecule has 0 aliphatic carbocycles. The summed E-state index contributed by atoms with van der Waals surface area (Å²) in [4.78, 5) is 14.9. The molecule has 15 heavy (non-hydrogen) atoms. The smallest absolute Gasteiger partial charge is 0.172 e. The van der Waals surface area contributed by atoms with Crippen molar-refractivity contribution < 1.29 is 9.53 Å². The van der Waals surface area contributed by atoms with Crippen LogP contribution in [0.25, 0.3) is 0 Å². The molecular formula is C12H17NO2. The summed E-state index contributed by atoms with van der Waals surface area (Å²) in [6.07, 6.45) is 1.80. The predicted octanol–water partition coefficient (Wildman–Crippen LogP) is 2.63. The lowest BCUT2D eigenvalue weighted by molar-refractivity contribution is 0.111. The van der Waals surface area contributed by atoms with Gasteiger partial charge in [0, 0.05) is 5.69 Å². The van der Waals surface area contributed by atoms with Gasteiger partial charge >= 0.3 is 0 Å². The molecule has 1 aromatic heterocycles. The molecule has 0 N–H and O–H groups in total. The maximum atomic E-state index is 10.8. The molecule has 82 valence electrons. The highest BCUT2D eigenvalue weighted by Gasteiger charge is 2.06. The summed E-state index contributed by atoms with van der Waals surface area (Å²) in [5.74, 6) is 1.07. The van der Waals surface area contributed by atoms with Crippen LogP contribution >= 0.6 is 0 Å². The van der Waals surface area contributed by atoms with Crippen molar-refractivity contribution in [2.75, 3.05) is 6.61 Å². The standard InChI is InChI=1S/C12H17NO2/c1-4-9(2)8-15-12-6-5-10(3)13-11(12)7-14/h5-7,9H,4,8H2,1-3H3. The molecule has 0 bridgehead atoms. The van der Waals surface area contributed by atoms with Crippen LogP contribution < -0.4 is 4.74 Å². The van der Waals surface area contributed by atoms with Crippen LogP contribution in [0.4, 0.5) is 0 Å². The maximum absolute atomic E-state index is 10.8. The van der Waals surface area contributed by atoms with E-state index >= 15 is 0 Å². The van der Waals surface area contributed by atoms with Crippen LogP contribution in [-0.4, -0.2) is 17.9 Å². The van der Waals surface area contributed by atoms with Crippen LogP contribution in [0.3, 0.4) is 0 Å². The third kappa shape index (κ3) is 3.35. The normalized spacial score (nSPS) is 12.2. The molecule has 0 radical (unpaired) electrons. The average molecular weight is 207 g/mol. The molecule has 1 aromatic rings. The Morgan fingerprint density at radius 3 is 2.87 bits per heavy atom. The van der Waals surface area contributed by atoms with E-state index in [1.807, 2.05) is 13.0 Å². The fourth-order valence-electron chi connectivity index (χ4n) is 1.12. The lowest BCUT2D eigenvalue weighted by atomic mass is 10.1. The van der Waals surface area contributed by atoms with Crippen LogP contribution in [-0.2, 0) is 0 Å². The number of pyridine rings is 1. The van der Waals surface area contributed by atoms with Gasteiger partial charge in [-0.25, -0.2) is 4.98 Å². The third-order valence-corrected chi connectivity index (χ3v) is 2.36. The molecule has 1 atom stereocenters. The molecule has 0 aromatic carbocycles. The molecule has 3 heteroatoms. The zero-order valence-electron chi connectivity index (χ0n) is 9.49. The Balaban J connectivity index is 2.72. The molecule has 0 aliphatic rings. The van der Waals surface area contributed by atoms with Gasteiger partial charge in [0.2, 0.25) is 0 Å². The Bertz CT molecular complexity index is 336. The molecule has 0 amide bonds. The molecule has 0 saturated carbocycles. The fraction of sp³-hybridized carbons (Fsp3) is 0.500. The van der Waals surface area contributed by atoms with E-state index in [4.69, 9.17) is 4.74 Å². The van der Waals surface area contributed by atoms with E-state index in [-0.39, 0.29) is 0 Å². The first-order valence-corrected chi connectivity index (χ1v) is 5.23. The number of rotatable bonds is 5. The lowest BCUT2D eigenvalue weighted by Gasteiger charge is -2.12. The number of aromatic nitrogens is 1. The Morgan fingerprint density at radius 1 is 1.53 bits per heavy atom. The second kappa shape index (κ2) is 5.49. The van der Waals surface area contributed by atoms with Crippen molar-refractivity contribution in [3.63, 3.8) is 0 Å². The fourth-order valence-corrected chi connectivity index (χ4v) is 1.12. The van der Waals surface area contributed by atoms with Crippen LogP contribution in [0.5, 0.6) is 5.75 Å². The number of carbonyl (C=O) groups excluding carboxylic acids is 1. The summed E-state index contributed by atoms with van der Waals surface area (Å²) in [5.41, 5.74) is 1.21. The van der Waals surface area contributed by atoms with Crippen molar-refractivity contribution >= 4 is 6.29 Å². The minimum Gasteiger partial charge on any atom is -0.491 e. The van der Waals surface area contributed by atoms with E-state index in [9.17, 15) is 4.79 Å². The first kappa shape index (κ1) is 11.7. The highest BCUT2D eigenvalue weighted by Crippen LogP contribution is 2.16. The van der Waals surface area contributed by atoms with Crippen LogP contribution in [0.2, 0.25) is 0 Å². The zero-order valence-corrected chi connectivity index (χ0v) is 9.49. The predicted molar refractivity (Wildman–Crippen MR) is 59.3 cm³/mol. The van der Waals surface area contributed by atoms with Crippen molar-refractivity contribution in [2.45, 2.75) is 27.2 Å². The van der Waals surface area contributed by atoms with Gasteiger partial charge in [-0.2, -0.15) is 0 Å². The molecule has 1 heterocycles. The summed E-state index contributed by atoms with van der Waals surface area (Å²) in [6, 6.07) is 3.65. The Morgan fingerprint density at radius 2 is 2.27 bits per heavy atom. The molecule has 0 spiro atoms. The number of hydrogen-bond donors (Lipinski definition) is 0. The van der Waals surface area contributed by atoms with Crippen LogP contribution in [0.1, 0.15) is 36.5 Å². The highest BCUT2D eigenvalue weighted by molar-refractivity contribution is 5.76. The topological polar surface area (TPSA) is 39.2 Å². The number of carbonyl (C=O) groups is 1. The van der Waals surface area contributed by atoms with Crippen molar-refractivity contribution in [1.82, 2.24) is 4.98 Å². The molecule has 3 nitrogen and oxygen atoms in total. The van der Waals surface area contributed by atoms with Gasteiger partial charge in [0.15, 0.2) is 6.29 Å². The Labute approximate surface area is 90.5 Å². The van der Waals surface area contributed by atoms with Gasteiger partial charge in [0.25, 0.3) is 0 Å². The number of ether oxygens (including phenoxy) is 1. The number of aryl methyl sites for hydroxylation is 1. The second-order valence-corrected chi connectivity index (χ2v) is 3.78. The van der Waals surface area contributed by atoms with Crippen LogP contribution in [0, 0.1) is 12.8 Å². The maximum Gasteiger partial charge on any atom is 0.172 e. The molecule has 1 unspecified atom stereocenters. The van der Waals surface area contributed by atoms with Gasteiger partial charge in [0.05, 0.1) is 6.61 Å². The van der Waals surface area contributed by atoms with Crippen LogP contribution in [0.15, 0.2) is 12.1 Å². The van der Waals surface area contributed by atoms with Gasteiger partial charge in [-0.15, -0.1) is 0 Å². The van der Waals surface area contributed by atoms with E-state index in [2.05, 4.69) is 18.8 Å². The number of nitrogens with zero attached hydrogens (tertiary/aromatic N) is 1. The highest BCUT2D eigenvalue weighted by atomic mass is 16.5. The third-order valence-electron chi connectivity index (χ3n) is 2.36. The van der Waals surface area contributed by atoms with Crippen molar-refractivity contribution in [2.24, 2.45) is 5.92 Å². The summed E-state index contributed by atoms with van der Waals surface area (Å²) in [6.45, 7) is 6.71. The van der Waals surface area contributed by atoms with Gasteiger partial charge < -0.3 is 4.74 Å². The number of hydrogen-bond acceptors (Lipinski definition) is 3. The molecule has 0 aliphatic heterocycles. The van der Waals surface area contributed by atoms with E-state index in [0.717, 1.165) is 18.4 Å². The number of aldehydes is 1. The van der Waals surface area contributed by atoms with Gasteiger partial charge in [0.1, 0.15) is 11.4 Å². The molecular weight excluding hydrogens is 190 g/mol. The summed E-state index contributed by atoms with van der Waals surface area (Å²) >= 11 is 0. The van der Waals surface area contributed by atoms with Crippen molar-refractivity contribution in [3.8, 4) is 5.75 Å². The Hall–Kier alpha value is -1.38. The average Bonchev–Trinajstić information content (AvgIpc) is 2.26. The SMILES string of the molecule is CCC(C)COc1ccc(C)nc1C=O. The molecule has 1 rings (SSSR count). The van der Waals surface area contributed by atoms with Gasteiger partial charge in [-0.05, 0) is 25.0 Å². The summed E-state index contributed by atoms with van der Waals surface area (Å²) in [7, 11) is 0. The second-order valence-electron chi connectivity index (χ2n) is 3.78. The van der Waals surface area contributed by atoms with Crippen molar-refractivity contribution in [1.29, 1.82) is 0 Å². The zero-order chi connectivity index (χ0) is 11.3. The first-order valence-electron chi connectivity index (χ1n) is 5.23. The molecule has 0 saturated heterocycles. The van der Waals surface area contributed by atoms with E-state index in [1.165, 1.54) is 0 Å². The minimum atomic E-state index is 0.387. The van der Waals surface area contributed by atoms with Crippen molar-refractivity contribution in [3.05, 3.63) is 23.5 Å². The summed E-state index contributed by atoms with van der Waals surface area (Å²) in [5, 5.41) is 0. The molecule has 0 fully saturated rings. The van der Waals surface area contributed by atoms with E-state index < -0.39 is 0 Å². The lowest BCUT2D eigenvalue weighted by Crippen LogP contribution is -2.09. The van der Waals surface area contributed by atoms with E-state index in [0.29, 0.717) is 24.0 Å².